The van der Waals surface area contributed by atoms with Crippen molar-refractivity contribution in [2.45, 2.75) is 13.0 Å². The minimum Gasteiger partial charge on any atom is -0.478 e. The van der Waals surface area contributed by atoms with E-state index >= 15 is 0 Å². The Balaban J connectivity index is 1.63. The number of nitrogens with one attached hydrogen (secondary N) is 1. The summed E-state index contributed by atoms with van der Waals surface area (Å²) in [6, 6.07) is 30.6. The molecule has 6 nitrogen and oxygen atoms in total. The van der Waals surface area contributed by atoms with Crippen LogP contribution in [0.5, 0.6) is 0 Å². The van der Waals surface area contributed by atoms with Crippen molar-refractivity contribution in [2.24, 2.45) is 0 Å². The third-order valence-electron chi connectivity index (χ3n) is 6.52. The number of Topliss-reactive ketones (excluding diaryl/α,β-unsaturated/α-hetero) is 1. The fourth-order valence-corrected chi connectivity index (χ4v) is 4.96. The van der Waals surface area contributed by atoms with Crippen molar-refractivity contribution in [3.8, 4) is 0 Å². The Morgan fingerprint density at radius 2 is 1.39 bits per heavy atom. The van der Waals surface area contributed by atoms with Gasteiger partial charge in [0, 0.05) is 27.3 Å². The Morgan fingerprint density at radius 1 is 0.816 bits per heavy atom. The van der Waals surface area contributed by atoms with E-state index in [-0.39, 0.29) is 17.2 Å². The second-order valence-corrected chi connectivity index (χ2v) is 9.32. The van der Waals surface area contributed by atoms with Gasteiger partial charge in [0.05, 0.1) is 17.2 Å². The molecule has 7 heteroatoms. The van der Waals surface area contributed by atoms with Crippen LogP contribution < -0.4 is 5.32 Å². The quantitative estimate of drug-likeness (QED) is 0.182. The average Bonchev–Trinajstić information content (AvgIpc) is 3.20. The third-order valence-corrected chi connectivity index (χ3v) is 6.76. The maximum Gasteiger partial charge on any atom is 0.335 e. The number of carboxylic acid groups (broad SMARTS) is 1. The molecule has 5 aromatic rings. The molecule has 0 aliphatic carbocycles. The van der Waals surface area contributed by atoms with Gasteiger partial charge in [-0.15, -0.1) is 0 Å². The van der Waals surface area contributed by atoms with Gasteiger partial charge in [0.15, 0.2) is 0 Å². The lowest BCUT2D eigenvalue weighted by Gasteiger charge is -2.23. The van der Waals surface area contributed by atoms with Crippen molar-refractivity contribution in [3.63, 3.8) is 0 Å². The summed E-state index contributed by atoms with van der Waals surface area (Å²) in [5.41, 5.74) is 4.10. The number of amides is 1. The van der Waals surface area contributed by atoms with E-state index < -0.39 is 17.7 Å². The van der Waals surface area contributed by atoms with Crippen molar-refractivity contribution in [3.05, 3.63) is 136 Å². The monoisotopic (exact) mass is 522 g/mol. The van der Waals surface area contributed by atoms with Crippen molar-refractivity contribution < 1.29 is 19.5 Å². The van der Waals surface area contributed by atoms with Gasteiger partial charge in [0.25, 0.3) is 11.7 Å². The van der Waals surface area contributed by atoms with E-state index in [1.807, 2.05) is 73.7 Å². The molecule has 188 valence electrons. The van der Waals surface area contributed by atoms with Gasteiger partial charge in [-0.25, -0.2) is 4.79 Å². The normalized spacial score (nSPS) is 11.0. The van der Waals surface area contributed by atoms with Crippen molar-refractivity contribution >= 4 is 45.9 Å². The number of carboxylic acids is 1. The standard InChI is InChI=1S/C31H23ClN2O4/c1-19-27(29(35)30(36)33-24-15-12-22(13-16-24)31(37)38)25-18-23(32)14-17-26(25)34(19)28(20-8-4-2-5-9-20)21-10-6-3-7-11-21/h2-18,28H,1H3,(H,33,36)(H,37,38). The van der Waals surface area contributed by atoms with Crippen LogP contribution in [0.1, 0.15) is 43.6 Å². The highest BCUT2D eigenvalue weighted by molar-refractivity contribution is 6.49. The maximum atomic E-state index is 13.6. The van der Waals surface area contributed by atoms with Crippen molar-refractivity contribution in [1.82, 2.24) is 4.57 Å². The summed E-state index contributed by atoms with van der Waals surface area (Å²) >= 11 is 6.35. The number of carbonyl (C=O) groups excluding carboxylic acids is 2. The highest BCUT2D eigenvalue weighted by Gasteiger charge is 2.29. The van der Waals surface area contributed by atoms with Crippen molar-refractivity contribution in [1.29, 1.82) is 0 Å². The topological polar surface area (TPSA) is 88.4 Å². The minimum absolute atomic E-state index is 0.0794. The van der Waals surface area contributed by atoms with E-state index in [9.17, 15) is 14.4 Å². The van der Waals surface area contributed by atoms with Crippen LogP contribution in [-0.2, 0) is 4.79 Å². The van der Waals surface area contributed by atoms with Crippen LogP contribution in [0.2, 0.25) is 5.02 Å². The Kier molecular flexibility index (Phi) is 6.81. The second-order valence-electron chi connectivity index (χ2n) is 8.88. The number of hydrogen-bond donors (Lipinski definition) is 2. The van der Waals surface area contributed by atoms with Crippen LogP contribution >= 0.6 is 11.6 Å². The van der Waals surface area contributed by atoms with Gasteiger partial charge >= 0.3 is 5.97 Å². The van der Waals surface area contributed by atoms with E-state index in [1.54, 1.807) is 12.1 Å². The number of aromatic nitrogens is 1. The number of ketones is 1. The SMILES string of the molecule is Cc1c(C(=O)C(=O)Nc2ccc(C(=O)O)cc2)c2cc(Cl)ccc2n1C(c1ccccc1)c1ccccc1. The van der Waals surface area contributed by atoms with E-state index in [4.69, 9.17) is 16.7 Å². The number of benzene rings is 4. The molecule has 0 spiro atoms. The van der Waals surface area contributed by atoms with Gasteiger partial charge in [0.2, 0.25) is 0 Å². The molecule has 0 fully saturated rings. The zero-order chi connectivity index (χ0) is 26.8. The van der Waals surface area contributed by atoms with Crippen LogP contribution in [0.15, 0.2) is 103 Å². The third kappa shape index (κ3) is 4.69. The summed E-state index contributed by atoms with van der Waals surface area (Å²) in [6.45, 7) is 1.83. The lowest BCUT2D eigenvalue weighted by Crippen LogP contribution is -2.24. The molecule has 0 bridgehead atoms. The molecule has 5 rings (SSSR count). The number of fused-ring (bicyclic) bond motifs is 1. The van der Waals surface area contributed by atoms with E-state index in [2.05, 4.69) is 9.88 Å². The summed E-state index contributed by atoms with van der Waals surface area (Å²) in [6.07, 6.45) is 0. The number of aromatic carboxylic acids is 1. The molecular formula is C31H23ClN2O4. The summed E-state index contributed by atoms with van der Waals surface area (Å²) in [7, 11) is 0. The van der Waals surface area contributed by atoms with Gasteiger partial charge in [-0.3, -0.25) is 9.59 Å². The molecule has 0 saturated carbocycles. The van der Waals surface area contributed by atoms with Gasteiger partial charge in [-0.1, -0.05) is 72.3 Å². The first kappa shape index (κ1) is 25.0. The molecule has 2 N–H and O–H groups in total. The predicted molar refractivity (Wildman–Crippen MR) is 148 cm³/mol. The number of hydrogen-bond acceptors (Lipinski definition) is 3. The van der Waals surface area contributed by atoms with Crippen LogP contribution in [-0.4, -0.2) is 27.3 Å². The Hall–Kier alpha value is -4.68. The molecule has 0 atom stereocenters. The lowest BCUT2D eigenvalue weighted by atomic mass is 9.98. The average molecular weight is 523 g/mol. The molecule has 0 aliphatic heterocycles. The van der Waals surface area contributed by atoms with Crippen LogP contribution in [0, 0.1) is 6.92 Å². The van der Waals surface area contributed by atoms with Crippen molar-refractivity contribution in [2.75, 3.05) is 5.32 Å². The van der Waals surface area contributed by atoms with Crippen LogP contribution in [0.25, 0.3) is 10.9 Å². The number of halogens is 1. The summed E-state index contributed by atoms with van der Waals surface area (Å²) in [4.78, 5) is 37.9. The largest absolute Gasteiger partial charge is 0.478 e. The van der Waals surface area contributed by atoms with Gasteiger partial charge < -0.3 is 15.0 Å². The lowest BCUT2D eigenvalue weighted by molar-refractivity contribution is -0.112. The first-order chi connectivity index (χ1) is 18.3. The Labute approximate surface area is 224 Å². The fraction of sp³-hybridized carbons (Fsp3) is 0.0645. The number of anilines is 1. The Morgan fingerprint density at radius 3 is 1.95 bits per heavy atom. The highest BCUT2D eigenvalue weighted by Crippen LogP contribution is 2.37. The summed E-state index contributed by atoms with van der Waals surface area (Å²) < 4.78 is 2.07. The van der Waals surface area contributed by atoms with Gasteiger partial charge in [-0.05, 0) is 60.5 Å². The minimum atomic E-state index is -1.08. The predicted octanol–water partition coefficient (Wildman–Crippen LogP) is 6.76. The van der Waals surface area contributed by atoms with E-state index in [0.29, 0.717) is 21.8 Å². The second kappa shape index (κ2) is 10.4. The fourth-order valence-electron chi connectivity index (χ4n) is 4.79. The Bertz CT molecular complexity index is 1620. The first-order valence-electron chi connectivity index (χ1n) is 11.9. The number of rotatable bonds is 7. The molecule has 0 unspecified atom stereocenters. The molecule has 1 heterocycles. The summed E-state index contributed by atoms with van der Waals surface area (Å²) in [5.74, 6) is -2.62. The maximum absolute atomic E-state index is 13.6. The van der Waals surface area contributed by atoms with E-state index in [0.717, 1.165) is 16.6 Å². The molecule has 1 aromatic heterocycles. The summed E-state index contributed by atoms with van der Waals surface area (Å²) in [5, 5.41) is 12.7. The molecule has 0 saturated heterocycles. The molecule has 4 aromatic carbocycles. The molecular weight excluding hydrogens is 500 g/mol. The van der Waals surface area contributed by atoms with Crippen LogP contribution in [0.3, 0.4) is 0 Å². The van der Waals surface area contributed by atoms with Crippen LogP contribution in [0.4, 0.5) is 5.69 Å². The molecule has 0 aliphatic rings. The zero-order valence-corrected chi connectivity index (χ0v) is 21.1. The van der Waals surface area contributed by atoms with E-state index in [1.165, 1.54) is 24.3 Å². The van der Waals surface area contributed by atoms with Gasteiger partial charge in [0.1, 0.15) is 0 Å². The first-order valence-corrected chi connectivity index (χ1v) is 12.3. The number of nitrogens with zero attached hydrogens (tertiary/aromatic N) is 1. The zero-order valence-electron chi connectivity index (χ0n) is 20.4. The number of carbonyl (C=O) groups is 3. The molecule has 1 amide bonds. The molecule has 38 heavy (non-hydrogen) atoms. The van der Waals surface area contributed by atoms with Gasteiger partial charge in [-0.2, -0.15) is 0 Å². The smallest absolute Gasteiger partial charge is 0.335 e. The molecule has 0 radical (unpaired) electrons. The highest BCUT2D eigenvalue weighted by atomic mass is 35.5.